The van der Waals surface area contributed by atoms with Crippen molar-refractivity contribution in [2.24, 2.45) is 0 Å². The fraction of sp³-hybridized carbons (Fsp3) is 0.412. The molecule has 0 spiro atoms. The molecule has 3 nitrogen and oxygen atoms in total. The minimum atomic E-state index is 0.157. The number of allylic oxidation sites excluding steroid dienone is 1. The average Bonchev–Trinajstić information content (AvgIpc) is 2.48. The molecule has 1 aromatic carbocycles. The van der Waals surface area contributed by atoms with Gasteiger partial charge in [0.2, 0.25) is 0 Å². The molecular weight excluding hydrogens is 246 g/mol. The smallest absolute Gasteiger partial charge is 0.130 e. The van der Waals surface area contributed by atoms with Crippen LogP contribution in [0.2, 0.25) is 0 Å². The van der Waals surface area contributed by atoms with Crippen LogP contribution in [0.5, 0.6) is 0 Å². The maximum Gasteiger partial charge on any atom is 0.130 e. The second-order valence-electron chi connectivity index (χ2n) is 5.30. The predicted octanol–water partition coefficient (Wildman–Crippen LogP) is 3.49. The maximum absolute atomic E-state index is 8.89. The zero-order valence-electron chi connectivity index (χ0n) is 11.8. The first kappa shape index (κ1) is 14.3. The van der Waals surface area contributed by atoms with Crippen molar-refractivity contribution in [3.63, 3.8) is 0 Å². The Kier molecular flexibility index (Phi) is 4.93. The van der Waals surface area contributed by atoms with Crippen LogP contribution >= 0.6 is 0 Å². The van der Waals surface area contributed by atoms with Crippen molar-refractivity contribution in [1.29, 1.82) is 10.5 Å². The van der Waals surface area contributed by atoms with Crippen LogP contribution in [0.25, 0.3) is 6.08 Å². The van der Waals surface area contributed by atoms with Gasteiger partial charge in [0.25, 0.3) is 0 Å². The van der Waals surface area contributed by atoms with Gasteiger partial charge >= 0.3 is 0 Å². The summed E-state index contributed by atoms with van der Waals surface area (Å²) in [6.45, 7) is 4.29. The van der Waals surface area contributed by atoms with E-state index < -0.39 is 0 Å². The summed E-state index contributed by atoms with van der Waals surface area (Å²) in [4.78, 5) is 2.48. The van der Waals surface area contributed by atoms with Gasteiger partial charge in [-0.15, -0.1) is 0 Å². The first-order valence-corrected chi connectivity index (χ1v) is 7.08. The van der Waals surface area contributed by atoms with E-state index >= 15 is 0 Å². The summed E-state index contributed by atoms with van der Waals surface area (Å²) in [7, 11) is 0. The number of hydrogen-bond donors (Lipinski definition) is 0. The lowest BCUT2D eigenvalue weighted by Crippen LogP contribution is -2.36. The monoisotopic (exact) mass is 265 g/mol. The summed E-state index contributed by atoms with van der Waals surface area (Å²) in [5, 5.41) is 17.8. The second-order valence-corrected chi connectivity index (χ2v) is 5.30. The molecule has 2 rings (SSSR count). The summed E-state index contributed by atoms with van der Waals surface area (Å²) in [5.41, 5.74) is 2.32. The van der Waals surface area contributed by atoms with Gasteiger partial charge in [-0.1, -0.05) is 30.7 Å². The number of hydrogen-bond acceptors (Lipinski definition) is 3. The van der Waals surface area contributed by atoms with Gasteiger partial charge in [-0.3, -0.25) is 4.90 Å². The van der Waals surface area contributed by atoms with Crippen LogP contribution < -0.4 is 0 Å². The Labute approximate surface area is 120 Å². The van der Waals surface area contributed by atoms with E-state index in [9.17, 15) is 0 Å². The number of likely N-dealkylation sites (tertiary alicyclic amines) is 1. The molecule has 0 bridgehead atoms. The molecule has 1 saturated heterocycles. The molecule has 1 atom stereocenters. The van der Waals surface area contributed by atoms with Crippen molar-refractivity contribution in [3.05, 3.63) is 41.0 Å². The topological polar surface area (TPSA) is 50.8 Å². The normalized spacial score (nSPS) is 18.9. The predicted molar refractivity (Wildman–Crippen MR) is 79.4 cm³/mol. The van der Waals surface area contributed by atoms with Gasteiger partial charge in [0.05, 0.1) is 0 Å². The number of rotatable bonds is 3. The molecule has 102 valence electrons. The summed E-state index contributed by atoms with van der Waals surface area (Å²) in [5.74, 6) is 0. The SMILES string of the molecule is CC1CCCCN1Cc1ccccc1C=C(C#N)C#N. The van der Waals surface area contributed by atoms with Gasteiger partial charge in [-0.05, 0) is 43.5 Å². The van der Waals surface area contributed by atoms with Crippen LogP contribution in [0.1, 0.15) is 37.3 Å². The minimum Gasteiger partial charge on any atom is -0.296 e. The molecule has 20 heavy (non-hydrogen) atoms. The van der Waals surface area contributed by atoms with E-state index in [2.05, 4.69) is 17.9 Å². The van der Waals surface area contributed by atoms with E-state index in [0.717, 1.165) is 18.7 Å². The fourth-order valence-corrected chi connectivity index (χ4v) is 2.68. The van der Waals surface area contributed by atoms with Crippen LogP contribution in [0.3, 0.4) is 0 Å². The van der Waals surface area contributed by atoms with Crippen molar-refractivity contribution < 1.29 is 0 Å². The lowest BCUT2D eigenvalue weighted by atomic mass is 10.00. The molecular formula is C17H19N3. The van der Waals surface area contributed by atoms with Gasteiger partial charge in [0.1, 0.15) is 17.7 Å². The lowest BCUT2D eigenvalue weighted by molar-refractivity contribution is 0.152. The molecule has 0 N–H and O–H groups in total. The van der Waals surface area contributed by atoms with Crippen molar-refractivity contribution in [2.75, 3.05) is 6.54 Å². The van der Waals surface area contributed by atoms with Crippen LogP contribution in [0.4, 0.5) is 0 Å². The fourth-order valence-electron chi connectivity index (χ4n) is 2.68. The first-order valence-electron chi connectivity index (χ1n) is 7.08. The van der Waals surface area contributed by atoms with Crippen LogP contribution in [-0.4, -0.2) is 17.5 Å². The number of nitriles is 2. The van der Waals surface area contributed by atoms with E-state index in [-0.39, 0.29) is 5.57 Å². The van der Waals surface area contributed by atoms with Gasteiger partial charge < -0.3 is 0 Å². The molecule has 0 aromatic heterocycles. The zero-order valence-corrected chi connectivity index (χ0v) is 11.8. The number of piperidine rings is 1. The lowest BCUT2D eigenvalue weighted by Gasteiger charge is -2.33. The third-order valence-corrected chi connectivity index (χ3v) is 3.91. The van der Waals surface area contributed by atoms with Crippen LogP contribution in [-0.2, 0) is 6.54 Å². The molecule has 0 aliphatic carbocycles. The Morgan fingerprint density at radius 1 is 1.30 bits per heavy atom. The van der Waals surface area contributed by atoms with Gasteiger partial charge in [0.15, 0.2) is 0 Å². The number of benzene rings is 1. The minimum absolute atomic E-state index is 0.157. The van der Waals surface area contributed by atoms with E-state index in [4.69, 9.17) is 10.5 Å². The Hall–Kier alpha value is -2.10. The highest BCUT2D eigenvalue weighted by atomic mass is 15.2. The molecule has 1 aliphatic rings. The van der Waals surface area contributed by atoms with Crippen LogP contribution in [0, 0.1) is 22.7 Å². The molecule has 0 amide bonds. The molecule has 1 aliphatic heterocycles. The highest BCUT2D eigenvalue weighted by Gasteiger charge is 2.18. The highest BCUT2D eigenvalue weighted by molar-refractivity contribution is 5.64. The Morgan fingerprint density at radius 3 is 2.75 bits per heavy atom. The van der Waals surface area contributed by atoms with E-state index in [1.165, 1.54) is 24.8 Å². The van der Waals surface area contributed by atoms with E-state index in [1.54, 1.807) is 6.08 Å². The summed E-state index contributed by atoms with van der Waals surface area (Å²) < 4.78 is 0. The molecule has 0 radical (unpaired) electrons. The zero-order chi connectivity index (χ0) is 14.4. The van der Waals surface area contributed by atoms with Crippen LogP contribution in [0.15, 0.2) is 29.8 Å². The summed E-state index contributed by atoms with van der Waals surface area (Å²) >= 11 is 0. The molecule has 1 unspecified atom stereocenters. The molecule has 1 aromatic rings. The van der Waals surface area contributed by atoms with E-state index in [0.29, 0.717) is 6.04 Å². The highest BCUT2D eigenvalue weighted by Crippen LogP contribution is 2.21. The van der Waals surface area contributed by atoms with Crippen molar-refractivity contribution in [2.45, 2.75) is 38.8 Å². The molecule has 1 fully saturated rings. The molecule has 0 saturated carbocycles. The van der Waals surface area contributed by atoms with Gasteiger partial charge in [0, 0.05) is 12.6 Å². The quantitative estimate of drug-likeness (QED) is 0.786. The second kappa shape index (κ2) is 6.89. The Morgan fingerprint density at radius 2 is 2.05 bits per heavy atom. The largest absolute Gasteiger partial charge is 0.296 e. The van der Waals surface area contributed by atoms with E-state index in [1.807, 2.05) is 30.3 Å². The third kappa shape index (κ3) is 3.47. The average molecular weight is 265 g/mol. The summed E-state index contributed by atoms with van der Waals surface area (Å²) in [6.07, 6.45) is 5.50. The Balaban J connectivity index is 2.22. The van der Waals surface area contributed by atoms with Gasteiger partial charge in [-0.25, -0.2) is 0 Å². The van der Waals surface area contributed by atoms with Crippen molar-refractivity contribution in [1.82, 2.24) is 4.90 Å². The van der Waals surface area contributed by atoms with Crippen molar-refractivity contribution in [3.8, 4) is 12.1 Å². The van der Waals surface area contributed by atoms with Gasteiger partial charge in [-0.2, -0.15) is 10.5 Å². The molecule has 1 heterocycles. The first-order chi connectivity index (χ1) is 9.74. The maximum atomic E-state index is 8.89. The standard InChI is InChI=1S/C17H19N3/c1-14-6-4-5-9-20(14)13-17-8-3-2-7-16(17)10-15(11-18)12-19/h2-3,7-8,10,14H,4-6,9,13H2,1H3. The molecule has 3 heteroatoms. The Bertz CT molecular complexity index is 559. The summed E-state index contributed by atoms with van der Waals surface area (Å²) in [6, 6.07) is 12.5. The van der Waals surface area contributed by atoms with Crippen molar-refractivity contribution >= 4 is 6.08 Å². The third-order valence-electron chi connectivity index (χ3n) is 3.91. The number of nitrogens with zero attached hydrogens (tertiary/aromatic N) is 3.